The molecule has 0 amide bonds. The topological polar surface area (TPSA) is 45.5 Å². The van der Waals surface area contributed by atoms with Gasteiger partial charge in [-0.15, -0.1) is 0 Å². The third kappa shape index (κ3) is 4.50. The second-order valence-electron chi connectivity index (χ2n) is 8.51. The molecule has 1 N–H and O–H groups in total. The minimum Gasteiger partial charge on any atom is -0.369 e. The first-order valence-electron chi connectivity index (χ1n) is 11.0. The number of hydrogen-bond acceptors (Lipinski definition) is 4. The highest BCUT2D eigenvalue weighted by Crippen LogP contribution is 2.36. The zero-order chi connectivity index (χ0) is 23.9. The molecule has 0 spiro atoms. The van der Waals surface area contributed by atoms with Crippen LogP contribution in [0.15, 0.2) is 66.0 Å². The minimum absolute atomic E-state index is 0.317. The summed E-state index contributed by atoms with van der Waals surface area (Å²) in [7, 11) is -0.317. The number of benzene rings is 2. The Morgan fingerprint density at radius 2 is 1.65 bits per heavy atom. The summed E-state index contributed by atoms with van der Waals surface area (Å²) in [5, 5.41) is 7.75. The lowest BCUT2D eigenvalue weighted by Gasteiger charge is -2.29. The second-order valence-corrected chi connectivity index (χ2v) is 10.6. The molecular weight excluding hydrogens is 459 g/mol. The van der Waals surface area contributed by atoms with Crippen molar-refractivity contribution in [1.29, 1.82) is 0 Å². The molecule has 5 nitrogen and oxygen atoms in total. The Labute approximate surface area is 199 Å². The number of hydrogen-bond donors (Lipinski definition) is 1. The molecule has 1 saturated heterocycles. The molecule has 1 aliphatic heterocycles. The van der Waals surface area contributed by atoms with Crippen molar-refractivity contribution in [2.24, 2.45) is 0 Å². The van der Waals surface area contributed by atoms with Crippen LogP contribution in [-0.2, 0) is 17.1 Å². The highest BCUT2D eigenvalue weighted by atomic mass is 32.2. The fourth-order valence-corrected chi connectivity index (χ4v) is 4.89. The molecule has 4 aromatic rings. The first kappa shape index (κ1) is 22.7. The molecule has 1 aliphatic rings. The molecule has 2 aromatic carbocycles. The molecule has 0 saturated carbocycles. The molecule has 0 radical (unpaired) electrons. The standard InChI is InChI=1S/C25H25F3N5S/c1-34(2)22-12-18(11-20(13-22)25(26,27)28)23-15-31-33-16-19(14-30-24(23)33)17-3-5-21(6-4-17)32-9-7-29-8-10-32/h3-6,11-16,29H,7-10H2,1-2H3/q+1. The van der Waals surface area contributed by atoms with E-state index >= 15 is 0 Å². The van der Waals surface area contributed by atoms with E-state index in [2.05, 4.69) is 44.6 Å². The van der Waals surface area contributed by atoms with Crippen LogP contribution in [0.2, 0.25) is 0 Å². The second kappa shape index (κ2) is 8.96. The summed E-state index contributed by atoms with van der Waals surface area (Å²) >= 11 is 0. The zero-order valence-corrected chi connectivity index (χ0v) is 19.7. The molecule has 176 valence electrons. The minimum atomic E-state index is -4.41. The lowest BCUT2D eigenvalue weighted by Crippen LogP contribution is -2.43. The number of aromatic nitrogens is 3. The lowest BCUT2D eigenvalue weighted by atomic mass is 10.0. The van der Waals surface area contributed by atoms with Gasteiger partial charge in [0, 0.05) is 78.4 Å². The van der Waals surface area contributed by atoms with Gasteiger partial charge in [0.25, 0.3) is 0 Å². The van der Waals surface area contributed by atoms with Gasteiger partial charge in [-0.2, -0.15) is 18.3 Å². The molecule has 2 aromatic heterocycles. The number of anilines is 1. The lowest BCUT2D eigenvalue weighted by molar-refractivity contribution is -0.137. The number of rotatable bonds is 4. The summed E-state index contributed by atoms with van der Waals surface area (Å²) in [5.41, 5.74) is 4.02. The maximum absolute atomic E-state index is 13.5. The van der Waals surface area contributed by atoms with Gasteiger partial charge < -0.3 is 10.2 Å². The fraction of sp³-hybridized carbons (Fsp3) is 0.280. The average Bonchev–Trinajstić information content (AvgIpc) is 3.27. The zero-order valence-electron chi connectivity index (χ0n) is 18.9. The van der Waals surface area contributed by atoms with E-state index in [4.69, 9.17) is 0 Å². The third-order valence-corrected chi connectivity index (χ3v) is 7.23. The Morgan fingerprint density at radius 3 is 2.32 bits per heavy atom. The van der Waals surface area contributed by atoms with E-state index in [9.17, 15) is 13.2 Å². The van der Waals surface area contributed by atoms with Crippen molar-refractivity contribution in [2.75, 3.05) is 43.6 Å². The van der Waals surface area contributed by atoms with Gasteiger partial charge in [0.15, 0.2) is 10.5 Å². The molecule has 0 aliphatic carbocycles. The SMILES string of the molecule is C[S+](C)c1cc(-c2cnn3cc(-c4ccc(N5CCNCC5)cc4)cnc23)cc(C(F)(F)F)c1. The van der Waals surface area contributed by atoms with Crippen LogP contribution in [0.3, 0.4) is 0 Å². The monoisotopic (exact) mass is 484 g/mol. The van der Waals surface area contributed by atoms with Crippen LogP contribution in [-0.4, -0.2) is 53.3 Å². The normalized spacial score (nSPS) is 14.8. The van der Waals surface area contributed by atoms with Gasteiger partial charge in [0.1, 0.15) is 12.5 Å². The summed E-state index contributed by atoms with van der Waals surface area (Å²) in [4.78, 5) is 7.58. The van der Waals surface area contributed by atoms with Crippen LogP contribution >= 0.6 is 0 Å². The predicted octanol–water partition coefficient (Wildman–Crippen LogP) is 4.73. The number of piperazine rings is 1. The molecule has 9 heteroatoms. The van der Waals surface area contributed by atoms with Crippen molar-refractivity contribution < 1.29 is 13.2 Å². The van der Waals surface area contributed by atoms with E-state index in [1.807, 2.05) is 18.7 Å². The third-order valence-electron chi connectivity index (χ3n) is 6.06. The molecule has 1 fully saturated rings. The van der Waals surface area contributed by atoms with Crippen LogP contribution in [0.5, 0.6) is 0 Å². The van der Waals surface area contributed by atoms with Gasteiger partial charge in [-0.3, -0.25) is 0 Å². The molecule has 0 bridgehead atoms. The summed E-state index contributed by atoms with van der Waals surface area (Å²) in [6, 6.07) is 12.6. The number of nitrogens with zero attached hydrogens (tertiary/aromatic N) is 4. The van der Waals surface area contributed by atoms with Crippen molar-refractivity contribution in [3.63, 3.8) is 0 Å². The summed E-state index contributed by atoms with van der Waals surface area (Å²) in [5.74, 6) is 0. The number of nitrogens with one attached hydrogen (secondary N) is 1. The quantitative estimate of drug-likeness (QED) is 0.426. The Balaban J connectivity index is 1.48. The maximum atomic E-state index is 13.5. The molecule has 0 unspecified atom stereocenters. The molecule has 34 heavy (non-hydrogen) atoms. The first-order valence-corrected chi connectivity index (χ1v) is 13.0. The van der Waals surface area contributed by atoms with Crippen molar-refractivity contribution >= 4 is 22.2 Å². The van der Waals surface area contributed by atoms with Gasteiger partial charge in [-0.05, 0) is 29.3 Å². The largest absolute Gasteiger partial charge is 0.416 e. The van der Waals surface area contributed by atoms with Gasteiger partial charge in [-0.25, -0.2) is 9.50 Å². The predicted molar refractivity (Wildman–Crippen MR) is 131 cm³/mol. The van der Waals surface area contributed by atoms with Crippen molar-refractivity contribution in [3.05, 3.63) is 66.6 Å². The number of alkyl halides is 3. The summed E-state index contributed by atoms with van der Waals surface area (Å²) in [6.45, 7) is 3.93. The average molecular weight is 485 g/mol. The number of fused-ring (bicyclic) bond motifs is 1. The molecular formula is C25H25F3N5S+. The van der Waals surface area contributed by atoms with Gasteiger partial charge in [-0.1, -0.05) is 12.1 Å². The van der Waals surface area contributed by atoms with Gasteiger partial charge >= 0.3 is 6.18 Å². The Hall–Kier alpha value is -3.04. The van der Waals surface area contributed by atoms with E-state index in [1.54, 1.807) is 23.0 Å². The summed E-state index contributed by atoms with van der Waals surface area (Å²) < 4.78 is 42.2. The number of halogens is 3. The Kier molecular flexibility index (Phi) is 5.99. The van der Waals surface area contributed by atoms with Crippen molar-refractivity contribution in [2.45, 2.75) is 11.1 Å². The summed E-state index contributed by atoms with van der Waals surface area (Å²) in [6.07, 6.45) is 4.61. The van der Waals surface area contributed by atoms with Crippen molar-refractivity contribution in [3.8, 4) is 22.3 Å². The molecule has 0 atom stereocenters. The van der Waals surface area contributed by atoms with E-state index in [-0.39, 0.29) is 10.9 Å². The van der Waals surface area contributed by atoms with E-state index in [0.29, 0.717) is 21.7 Å². The van der Waals surface area contributed by atoms with E-state index in [0.717, 1.165) is 37.3 Å². The Bertz CT molecular complexity index is 1310. The van der Waals surface area contributed by atoms with Crippen LogP contribution < -0.4 is 10.2 Å². The van der Waals surface area contributed by atoms with E-state index < -0.39 is 11.7 Å². The Morgan fingerprint density at radius 1 is 0.912 bits per heavy atom. The van der Waals surface area contributed by atoms with Crippen molar-refractivity contribution in [1.82, 2.24) is 19.9 Å². The first-order chi connectivity index (χ1) is 16.3. The molecule has 3 heterocycles. The molecule has 5 rings (SSSR count). The highest BCUT2D eigenvalue weighted by Gasteiger charge is 2.33. The van der Waals surface area contributed by atoms with Gasteiger partial charge in [0.2, 0.25) is 0 Å². The van der Waals surface area contributed by atoms with Crippen LogP contribution in [0.1, 0.15) is 5.56 Å². The van der Waals surface area contributed by atoms with Crippen LogP contribution in [0.25, 0.3) is 27.9 Å². The maximum Gasteiger partial charge on any atom is 0.416 e. The van der Waals surface area contributed by atoms with Crippen LogP contribution in [0, 0.1) is 0 Å². The van der Waals surface area contributed by atoms with Crippen LogP contribution in [0.4, 0.5) is 18.9 Å². The van der Waals surface area contributed by atoms with E-state index in [1.165, 1.54) is 17.8 Å². The fourth-order valence-electron chi connectivity index (χ4n) is 4.17. The smallest absolute Gasteiger partial charge is 0.369 e. The van der Waals surface area contributed by atoms with Gasteiger partial charge in [0.05, 0.1) is 11.8 Å². The highest BCUT2D eigenvalue weighted by molar-refractivity contribution is 7.95.